The van der Waals surface area contributed by atoms with Gasteiger partial charge in [0.1, 0.15) is 6.10 Å². The number of allylic oxidation sites excluding steroid dienone is 1. The summed E-state index contributed by atoms with van der Waals surface area (Å²) in [5.41, 5.74) is 1.77. The van der Waals surface area contributed by atoms with Gasteiger partial charge in [0.2, 0.25) is 0 Å². The van der Waals surface area contributed by atoms with Crippen molar-refractivity contribution in [2.24, 2.45) is 5.92 Å². The van der Waals surface area contributed by atoms with E-state index in [0.717, 1.165) is 24.0 Å². The van der Waals surface area contributed by atoms with Gasteiger partial charge in [0, 0.05) is 11.5 Å². The molecule has 2 aliphatic carbocycles. The molecular formula is C15H16O3. The van der Waals surface area contributed by atoms with Gasteiger partial charge in [-0.05, 0) is 30.9 Å². The van der Waals surface area contributed by atoms with E-state index in [9.17, 15) is 9.90 Å². The summed E-state index contributed by atoms with van der Waals surface area (Å²) in [7, 11) is 0. The van der Waals surface area contributed by atoms with Crippen LogP contribution in [0, 0.1) is 5.92 Å². The monoisotopic (exact) mass is 244 g/mol. The average Bonchev–Trinajstić information content (AvgIpc) is 2.75. The molecular weight excluding hydrogens is 228 g/mol. The highest BCUT2D eigenvalue weighted by atomic mass is 16.6. The highest BCUT2D eigenvalue weighted by Gasteiger charge is 2.56. The van der Waals surface area contributed by atoms with E-state index in [2.05, 4.69) is 13.2 Å². The molecule has 1 N–H and O–H groups in total. The Balaban J connectivity index is 2.16. The van der Waals surface area contributed by atoms with Crippen LogP contribution in [0.25, 0.3) is 0 Å². The predicted octanol–water partition coefficient (Wildman–Crippen LogP) is 2.05. The van der Waals surface area contributed by atoms with Crippen LogP contribution in [-0.4, -0.2) is 22.8 Å². The van der Waals surface area contributed by atoms with E-state index in [0.29, 0.717) is 11.1 Å². The summed E-state index contributed by atoms with van der Waals surface area (Å²) in [5, 5.41) is 11.0. The van der Waals surface area contributed by atoms with Gasteiger partial charge in [-0.2, -0.15) is 0 Å². The average molecular weight is 244 g/mol. The number of aliphatic hydroxyl groups is 1. The molecule has 3 rings (SSSR count). The van der Waals surface area contributed by atoms with Crippen LogP contribution in [0.1, 0.15) is 19.8 Å². The maximum absolute atomic E-state index is 11.7. The van der Waals surface area contributed by atoms with Gasteiger partial charge in [-0.1, -0.05) is 30.9 Å². The Morgan fingerprint density at radius 1 is 1.44 bits per heavy atom. The van der Waals surface area contributed by atoms with E-state index < -0.39 is 17.7 Å². The molecule has 18 heavy (non-hydrogen) atoms. The van der Waals surface area contributed by atoms with Gasteiger partial charge in [0.25, 0.3) is 0 Å². The Kier molecular flexibility index (Phi) is 2.20. The third-order valence-corrected chi connectivity index (χ3v) is 4.36. The first kappa shape index (κ1) is 11.5. The summed E-state index contributed by atoms with van der Waals surface area (Å²) >= 11 is 0. The molecule has 1 heterocycles. The van der Waals surface area contributed by atoms with Gasteiger partial charge < -0.3 is 9.84 Å². The lowest BCUT2D eigenvalue weighted by molar-refractivity contribution is -0.146. The van der Waals surface area contributed by atoms with Crippen LogP contribution in [0.2, 0.25) is 0 Å². The second-order valence-corrected chi connectivity index (χ2v) is 5.32. The maximum Gasteiger partial charge on any atom is 0.334 e. The van der Waals surface area contributed by atoms with Gasteiger partial charge in [-0.25, -0.2) is 4.79 Å². The van der Waals surface area contributed by atoms with E-state index in [1.54, 1.807) is 6.08 Å². The van der Waals surface area contributed by atoms with E-state index >= 15 is 0 Å². The first-order valence-corrected chi connectivity index (χ1v) is 6.16. The Hall–Kier alpha value is -1.61. The zero-order chi connectivity index (χ0) is 13.1. The van der Waals surface area contributed by atoms with Crippen LogP contribution in [0.4, 0.5) is 0 Å². The molecule has 3 heteroatoms. The fraction of sp³-hybridized carbons (Fsp3) is 0.400. The molecule has 0 aromatic carbocycles. The van der Waals surface area contributed by atoms with Crippen molar-refractivity contribution < 1.29 is 14.6 Å². The van der Waals surface area contributed by atoms with Gasteiger partial charge in [0.05, 0.1) is 0 Å². The van der Waals surface area contributed by atoms with Crippen LogP contribution < -0.4 is 0 Å². The molecule has 1 aliphatic heterocycles. The minimum absolute atomic E-state index is 0.119. The fourth-order valence-electron chi connectivity index (χ4n) is 3.23. The van der Waals surface area contributed by atoms with Crippen molar-refractivity contribution in [2.45, 2.75) is 31.5 Å². The summed E-state index contributed by atoms with van der Waals surface area (Å²) in [6.45, 7) is 9.72. The fourth-order valence-corrected chi connectivity index (χ4v) is 3.23. The van der Waals surface area contributed by atoms with Gasteiger partial charge >= 0.3 is 5.97 Å². The number of hydrogen-bond donors (Lipinski definition) is 1. The molecule has 1 saturated heterocycles. The second-order valence-electron chi connectivity index (χ2n) is 5.32. The van der Waals surface area contributed by atoms with E-state index in [-0.39, 0.29) is 5.92 Å². The zero-order valence-electron chi connectivity index (χ0n) is 10.4. The third kappa shape index (κ3) is 1.20. The van der Waals surface area contributed by atoms with E-state index in [1.807, 2.05) is 13.0 Å². The van der Waals surface area contributed by atoms with E-state index in [4.69, 9.17) is 4.74 Å². The van der Waals surface area contributed by atoms with Crippen molar-refractivity contribution in [2.75, 3.05) is 0 Å². The van der Waals surface area contributed by atoms with Crippen molar-refractivity contribution in [3.63, 3.8) is 0 Å². The topological polar surface area (TPSA) is 46.5 Å². The van der Waals surface area contributed by atoms with Crippen LogP contribution in [-0.2, 0) is 9.53 Å². The standard InChI is InChI=1S/C15H16O3/c1-8-4-6-11-10(3)14(16)18-13(11)15(17)9(2)5-7-12(8)15/h5,7,11,13,17H,2-4,6H2,1H3/t11-,13-,15+/m0/s1. The van der Waals surface area contributed by atoms with Crippen molar-refractivity contribution in [3.8, 4) is 0 Å². The number of rotatable bonds is 0. The highest BCUT2D eigenvalue weighted by Crippen LogP contribution is 2.49. The number of ether oxygens (including phenoxy) is 1. The number of fused-ring (bicyclic) bond motifs is 3. The first-order valence-electron chi connectivity index (χ1n) is 6.16. The Morgan fingerprint density at radius 3 is 2.89 bits per heavy atom. The lowest BCUT2D eigenvalue weighted by atomic mass is 9.79. The first-order chi connectivity index (χ1) is 8.46. The molecule has 0 saturated carbocycles. The molecule has 1 fully saturated rings. The SMILES string of the molecule is C=C1C(=O)O[C@H]2[C@H]1CCC(C)=C1C=CC(=C)[C@@]12O. The number of carbonyl (C=O) groups is 1. The molecule has 3 aliphatic rings. The highest BCUT2D eigenvalue weighted by molar-refractivity contribution is 5.91. The quantitative estimate of drug-likeness (QED) is 0.524. The molecule has 0 radical (unpaired) electrons. The van der Waals surface area contributed by atoms with Crippen LogP contribution in [0.5, 0.6) is 0 Å². The number of esters is 1. The molecule has 0 aromatic rings. The third-order valence-electron chi connectivity index (χ3n) is 4.36. The summed E-state index contributed by atoms with van der Waals surface area (Å²) in [6, 6.07) is 0. The maximum atomic E-state index is 11.7. The summed E-state index contributed by atoms with van der Waals surface area (Å²) in [5.74, 6) is -0.511. The smallest absolute Gasteiger partial charge is 0.334 e. The lowest BCUT2D eigenvalue weighted by Crippen LogP contribution is -2.45. The van der Waals surface area contributed by atoms with Crippen molar-refractivity contribution in [1.82, 2.24) is 0 Å². The molecule has 0 spiro atoms. The summed E-state index contributed by atoms with van der Waals surface area (Å²) in [4.78, 5) is 11.7. The van der Waals surface area contributed by atoms with Gasteiger partial charge in [0.15, 0.2) is 5.60 Å². The molecule has 0 aromatic heterocycles. The Labute approximate surface area is 106 Å². The van der Waals surface area contributed by atoms with Crippen LogP contribution in [0.15, 0.2) is 47.6 Å². The zero-order valence-corrected chi connectivity index (χ0v) is 10.4. The number of hydrogen-bond acceptors (Lipinski definition) is 3. The molecule has 0 bridgehead atoms. The van der Waals surface area contributed by atoms with Gasteiger partial charge in [-0.15, -0.1) is 0 Å². The largest absolute Gasteiger partial charge is 0.455 e. The molecule has 3 nitrogen and oxygen atoms in total. The minimum Gasteiger partial charge on any atom is -0.455 e. The van der Waals surface area contributed by atoms with Crippen molar-refractivity contribution >= 4 is 5.97 Å². The lowest BCUT2D eigenvalue weighted by Gasteiger charge is -2.33. The van der Waals surface area contributed by atoms with E-state index in [1.165, 1.54) is 0 Å². The van der Waals surface area contributed by atoms with Crippen molar-refractivity contribution in [3.05, 3.63) is 47.6 Å². The molecule has 94 valence electrons. The van der Waals surface area contributed by atoms with Crippen LogP contribution in [0.3, 0.4) is 0 Å². The minimum atomic E-state index is -1.26. The predicted molar refractivity (Wildman–Crippen MR) is 67.7 cm³/mol. The second kappa shape index (κ2) is 3.45. The van der Waals surface area contributed by atoms with Gasteiger partial charge in [-0.3, -0.25) is 0 Å². The summed E-state index contributed by atoms with van der Waals surface area (Å²) < 4.78 is 5.37. The Morgan fingerprint density at radius 2 is 2.17 bits per heavy atom. The molecule has 0 amide bonds. The molecule has 3 atom stereocenters. The molecule has 0 unspecified atom stereocenters. The van der Waals surface area contributed by atoms with Crippen molar-refractivity contribution in [1.29, 1.82) is 0 Å². The normalized spacial score (nSPS) is 38.7. The Bertz CT molecular complexity index is 538. The number of carbonyl (C=O) groups excluding carboxylic acids is 1. The van der Waals surface area contributed by atoms with Crippen LogP contribution >= 0.6 is 0 Å². The summed E-state index contributed by atoms with van der Waals surface area (Å²) in [6.07, 6.45) is 4.73.